The highest BCUT2D eigenvalue weighted by molar-refractivity contribution is 9.11. The molecular formula is C8H11BrClF2NOS. The zero-order valence-electron chi connectivity index (χ0n) is 7.84. The molecule has 0 saturated heterocycles. The summed E-state index contributed by atoms with van der Waals surface area (Å²) < 4.78 is 26.8. The number of hydrogen-bond acceptors (Lipinski definition) is 3. The van der Waals surface area contributed by atoms with Crippen molar-refractivity contribution in [2.45, 2.75) is 18.9 Å². The fourth-order valence-corrected chi connectivity index (χ4v) is 2.58. The minimum atomic E-state index is -3.27. The van der Waals surface area contributed by atoms with E-state index >= 15 is 0 Å². The summed E-state index contributed by atoms with van der Waals surface area (Å²) in [4.78, 5) is 0.369. The van der Waals surface area contributed by atoms with Crippen LogP contribution in [0.4, 0.5) is 8.78 Å². The summed E-state index contributed by atoms with van der Waals surface area (Å²) in [5, 5.41) is 8.46. The van der Waals surface area contributed by atoms with Gasteiger partial charge in [-0.2, -0.15) is 0 Å². The van der Waals surface area contributed by atoms with Crippen molar-refractivity contribution in [3.05, 3.63) is 20.3 Å². The summed E-state index contributed by atoms with van der Waals surface area (Å²) in [6.45, 7) is 0.566. The summed E-state index contributed by atoms with van der Waals surface area (Å²) in [5.41, 5.74) is 6.21. The highest BCUT2D eigenvalue weighted by Gasteiger charge is 2.38. The van der Waals surface area contributed by atoms with Gasteiger partial charge in [0.25, 0.3) is 5.92 Å². The molecule has 0 spiro atoms. The third-order valence-corrected chi connectivity index (χ3v) is 4.07. The molecule has 1 aromatic rings. The maximum absolute atomic E-state index is 13.0. The lowest BCUT2D eigenvalue weighted by Gasteiger charge is -2.19. The van der Waals surface area contributed by atoms with E-state index in [-0.39, 0.29) is 12.4 Å². The molecular weight excluding hydrogens is 312 g/mol. The first-order chi connectivity index (χ1) is 6.38. The van der Waals surface area contributed by atoms with Crippen LogP contribution in [0, 0.1) is 6.92 Å². The second kappa shape index (κ2) is 5.54. The number of hydrogen-bond donors (Lipinski definition) is 2. The maximum atomic E-state index is 13.0. The number of aryl methyl sites for hydroxylation is 1. The molecule has 0 saturated carbocycles. The quantitative estimate of drug-likeness (QED) is 0.899. The summed E-state index contributed by atoms with van der Waals surface area (Å²) in [6.07, 6.45) is 0. The van der Waals surface area contributed by atoms with Crippen LogP contribution in [-0.4, -0.2) is 17.6 Å². The summed E-state index contributed by atoms with van der Waals surface area (Å²) in [5.74, 6) is -3.27. The number of thiophene rings is 1. The average Bonchev–Trinajstić information content (AvgIpc) is 2.45. The molecule has 2 nitrogen and oxygen atoms in total. The smallest absolute Gasteiger partial charge is 0.290 e. The lowest BCUT2D eigenvalue weighted by Crippen LogP contribution is -2.35. The van der Waals surface area contributed by atoms with Gasteiger partial charge in [-0.3, -0.25) is 0 Å². The Morgan fingerprint density at radius 2 is 2.20 bits per heavy atom. The normalized spacial score (nSPS) is 13.5. The van der Waals surface area contributed by atoms with Crippen LogP contribution < -0.4 is 5.73 Å². The average molecular weight is 323 g/mol. The van der Waals surface area contributed by atoms with E-state index in [9.17, 15) is 8.78 Å². The zero-order chi connectivity index (χ0) is 10.9. The Bertz CT molecular complexity index is 315. The first kappa shape index (κ1) is 15.2. The maximum Gasteiger partial charge on any atom is 0.290 e. The van der Waals surface area contributed by atoms with Gasteiger partial charge in [-0.1, -0.05) is 0 Å². The molecule has 0 aromatic carbocycles. The van der Waals surface area contributed by atoms with Crippen molar-refractivity contribution in [1.82, 2.24) is 0 Å². The molecule has 0 radical (unpaired) electrons. The Labute approximate surface area is 105 Å². The molecule has 0 fully saturated rings. The third-order valence-electron chi connectivity index (χ3n) is 1.85. The predicted octanol–water partition coefficient (Wildman–Crippen LogP) is 2.87. The second-order valence-electron chi connectivity index (χ2n) is 3.00. The highest BCUT2D eigenvalue weighted by atomic mass is 79.9. The van der Waals surface area contributed by atoms with E-state index < -0.39 is 18.6 Å². The molecule has 1 aromatic heterocycles. The predicted molar refractivity (Wildman–Crippen MR) is 63.0 cm³/mol. The van der Waals surface area contributed by atoms with Gasteiger partial charge >= 0.3 is 0 Å². The summed E-state index contributed by atoms with van der Waals surface area (Å²) in [6, 6.07) is 0.158. The van der Waals surface area contributed by atoms with Gasteiger partial charge in [0.1, 0.15) is 12.6 Å². The first-order valence-electron chi connectivity index (χ1n) is 3.88. The van der Waals surface area contributed by atoms with E-state index in [2.05, 4.69) is 15.9 Å². The highest BCUT2D eigenvalue weighted by Crippen LogP contribution is 2.36. The Hall–Kier alpha value is 0.250. The van der Waals surface area contributed by atoms with Gasteiger partial charge in [-0.05, 0) is 34.5 Å². The van der Waals surface area contributed by atoms with Crippen LogP contribution in [0.3, 0.4) is 0 Å². The van der Waals surface area contributed by atoms with Crippen molar-refractivity contribution in [1.29, 1.82) is 0 Å². The minimum Gasteiger partial charge on any atom is -0.390 e. The van der Waals surface area contributed by atoms with E-state index in [0.717, 1.165) is 9.35 Å². The number of halogens is 4. The molecule has 0 bridgehead atoms. The molecule has 0 aliphatic carbocycles. The SMILES string of the molecule is Cc1cc([C@@H](N)C(F)(F)CO)sc1Br.Cl. The second-order valence-corrected chi connectivity index (χ2v) is 5.40. The molecule has 1 atom stereocenters. The third kappa shape index (κ3) is 3.35. The number of alkyl halides is 2. The molecule has 0 aliphatic heterocycles. The number of nitrogens with two attached hydrogens (primary N) is 1. The Morgan fingerprint density at radius 3 is 2.53 bits per heavy atom. The van der Waals surface area contributed by atoms with E-state index in [1.165, 1.54) is 11.3 Å². The van der Waals surface area contributed by atoms with Gasteiger partial charge < -0.3 is 10.8 Å². The lowest BCUT2D eigenvalue weighted by atomic mass is 10.1. The van der Waals surface area contributed by atoms with Crippen LogP contribution in [-0.2, 0) is 0 Å². The van der Waals surface area contributed by atoms with Gasteiger partial charge in [-0.25, -0.2) is 8.78 Å². The molecule has 1 rings (SSSR count). The van der Waals surface area contributed by atoms with Crippen LogP contribution in [0.25, 0.3) is 0 Å². The molecule has 0 aliphatic rings. The van der Waals surface area contributed by atoms with E-state index in [1.807, 2.05) is 0 Å². The number of rotatable bonds is 3. The fraction of sp³-hybridized carbons (Fsp3) is 0.500. The Morgan fingerprint density at radius 1 is 1.67 bits per heavy atom. The van der Waals surface area contributed by atoms with E-state index in [4.69, 9.17) is 10.8 Å². The standard InChI is InChI=1S/C8H10BrF2NOS.ClH/c1-4-2-5(14-7(4)9)6(12)8(10,11)3-13;/h2,6,13H,3,12H2,1H3;1H/t6-;/m1./s1. The van der Waals surface area contributed by atoms with Crippen molar-refractivity contribution in [2.75, 3.05) is 6.61 Å². The number of aliphatic hydroxyl groups excluding tert-OH is 1. The van der Waals surface area contributed by atoms with Gasteiger partial charge in [0.2, 0.25) is 0 Å². The molecule has 1 heterocycles. The summed E-state index contributed by atoms with van der Waals surface area (Å²) in [7, 11) is 0. The van der Waals surface area contributed by atoms with Crippen LogP contribution in [0.1, 0.15) is 16.5 Å². The molecule has 0 amide bonds. The van der Waals surface area contributed by atoms with Crippen molar-refractivity contribution >= 4 is 39.7 Å². The molecule has 0 unspecified atom stereocenters. The van der Waals surface area contributed by atoms with Gasteiger partial charge in [0.15, 0.2) is 0 Å². The molecule has 3 N–H and O–H groups in total. The molecule has 15 heavy (non-hydrogen) atoms. The first-order valence-corrected chi connectivity index (χ1v) is 5.49. The van der Waals surface area contributed by atoms with Crippen molar-refractivity contribution in [3.63, 3.8) is 0 Å². The van der Waals surface area contributed by atoms with Gasteiger partial charge in [0, 0.05) is 4.88 Å². The zero-order valence-corrected chi connectivity index (χ0v) is 11.1. The number of aliphatic hydroxyl groups is 1. The molecule has 88 valence electrons. The van der Waals surface area contributed by atoms with Crippen molar-refractivity contribution in [2.24, 2.45) is 5.73 Å². The summed E-state index contributed by atoms with van der Waals surface area (Å²) >= 11 is 4.39. The van der Waals surface area contributed by atoms with Gasteiger partial charge in [0.05, 0.1) is 3.79 Å². The van der Waals surface area contributed by atoms with Crippen LogP contribution in [0.15, 0.2) is 9.85 Å². The Balaban J connectivity index is 0.00000196. The minimum absolute atomic E-state index is 0. The van der Waals surface area contributed by atoms with E-state index in [1.54, 1.807) is 13.0 Å². The topological polar surface area (TPSA) is 46.2 Å². The van der Waals surface area contributed by atoms with Crippen LogP contribution >= 0.6 is 39.7 Å². The van der Waals surface area contributed by atoms with Crippen LogP contribution in [0.5, 0.6) is 0 Å². The fourth-order valence-electron chi connectivity index (χ4n) is 0.943. The largest absolute Gasteiger partial charge is 0.390 e. The van der Waals surface area contributed by atoms with Gasteiger partial charge in [-0.15, -0.1) is 23.7 Å². The van der Waals surface area contributed by atoms with Crippen molar-refractivity contribution < 1.29 is 13.9 Å². The lowest BCUT2D eigenvalue weighted by molar-refractivity contribution is -0.0703. The Kier molecular flexibility index (Phi) is 5.63. The monoisotopic (exact) mass is 321 g/mol. The van der Waals surface area contributed by atoms with Crippen LogP contribution in [0.2, 0.25) is 0 Å². The van der Waals surface area contributed by atoms with Crippen molar-refractivity contribution in [3.8, 4) is 0 Å². The molecule has 7 heteroatoms. The van der Waals surface area contributed by atoms with E-state index in [0.29, 0.717) is 4.88 Å².